The quantitative estimate of drug-likeness (QED) is 0.771. The molecular weight excluding hydrogens is 356 g/mol. The van der Waals surface area contributed by atoms with Crippen LogP contribution in [0.3, 0.4) is 0 Å². The Morgan fingerprint density at radius 1 is 1.26 bits per heavy atom. The molecule has 0 bridgehead atoms. The minimum atomic E-state index is -0.198. The van der Waals surface area contributed by atoms with Crippen molar-refractivity contribution >= 4 is 23.5 Å². The average molecular weight is 383 g/mol. The van der Waals surface area contributed by atoms with Crippen LogP contribution in [0.4, 0.5) is 5.95 Å². The fourth-order valence-corrected chi connectivity index (χ4v) is 4.50. The van der Waals surface area contributed by atoms with Crippen molar-refractivity contribution < 1.29 is 4.79 Å². The molecular formula is C21H26N4OS. The van der Waals surface area contributed by atoms with Crippen molar-refractivity contribution in [2.75, 3.05) is 11.1 Å². The molecule has 27 heavy (non-hydrogen) atoms. The summed E-state index contributed by atoms with van der Waals surface area (Å²) in [7, 11) is 0. The smallest absolute Gasteiger partial charge is 0.227 e. The maximum atomic E-state index is 13.0. The van der Waals surface area contributed by atoms with E-state index >= 15 is 0 Å². The molecule has 1 aromatic heterocycles. The van der Waals surface area contributed by atoms with Crippen LogP contribution in [0.5, 0.6) is 0 Å². The highest BCUT2D eigenvalue weighted by Gasteiger charge is 2.38. The highest BCUT2D eigenvalue weighted by atomic mass is 32.2. The topological polar surface area (TPSA) is 59.8 Å². The fraction of sp³-hybridized carbons (Fsp3) is 0.476. The minimum absolute atomic E-state index is 0.198. The first kappa shape index (κ1) is 18.3. The Hall–Kier alpha value is -2.08. The summed E-state index contributed by atoms with van der Waals surface area (Å²) in [6, 6.07) is 8.40. The van der Waals surface area contributed by atoms with Crippen molar-refractivity contribution in [3.05, 3.63) is 46.7 Å². The first-order valence-electron chi connectivity index (χ1n) is 9.70. The largest absolute Gasteiger partial charge is 0.328 e. The third-order valence-electron chi connectivity index (χ3n) is 5.30. The molecule has 0 fully saturated rings. The number of nitrogens with one attached hydrogen (secondary N) is 1. The summed E-state index contributed by atoms with van der Waals surface area (Å²) in [6.45, 7) is 8.61. The van der Waals surface area contributed by atoms with Crippen LogP contribution in [0.25, 0.3) is 0 Å². The number of fused-ring (bicyclic) bond motifs is 1. The van der Waals surface area contributed by atoms with E-state index in [0.717, 1.165) is 40.1 Å². The van der Waals surface area contributed by atoms with E-state index in [-0.39, 0.29) is 11.8 Å². The minimum Gasteiger partial charge on any atom is -0.328 e. The SMILES string of the molecule is CCSc1nc2n(n1)[C@@H](c1ccc(C(C)C)cc1)C1=C(C[C@@H](C)CC1=O)N2. The molecule has 4 rings (SSSR count). The predicted octanol–water partition coefficient (Wildman–Crippen LogP) is 4.78. The van der Waals surface area contributed by atoms with E-state index in [9.17, 15) is 4.79 Å². The number of aromatic nitrogens is 3. The lowest BCUT2D eigenvalue weighted by Gasteiger charge is -2.34. The summed E-state index contributed by atoms with van der Waals surface area (Å²) in [5.41, 5.74) is 4.27. The number of benzene rings is 1. The third-order valence-corrected chi connectivity index (χ3v) is 6.02. The van der Waals surface area contributed by atoms with Gasteiger partial charge in [0.15, 0.2) is 5.78 Å². The Balaban J connectivity index is 1.83. The van der Waals surface area contributed by atoms with Gasteiger partial charge < -0.3 is 5.32 Å². The van der Waals surface area contributed by atoms with E-state index in [2.05, 4.69) is 62.3 Å². The van der Waals surface area contributed by atoms with Gasteiger partial charge in [0, 0.05) is 17.7 Å². The monoisotopic (exact) mass is 382 g/mol. The third kappa shape index (κ3) is 3.31. The Labute approximate surface area is 164 Å². The van der Waals surface area contributed by atoms with Gasteiger partial charge in [-0.2, -0.15) is 4.98 Å². The maximum Gasteiger partial charge on any atom is 0.227 e. The van der Waals surface area contributed by atoms with Gasteiger partial charge in [-0.3, -0.25) is 4.79 Å². The average Bonchev–Trinajstić information content (AvgIpc) is 3.02. The van der Waals surface area contributed by atoms with Crippen LogP contribution < -0.4 is 5.32 Å². The standard InChI is InChI=1S/C21H26N4OS/c1-5-27-21-23-20-22-16-10-13(4)11-17(26)18(16)19(25(20)24-21)15-8-6-14(7-9-15)12(2)3/h6-9,12-13,19H,5,10-11H2,1-4H3,(H,22,23,24)/t13-,19+/m1/s1. The number of allylic oxidation sites excluding steroid dienone is 2. The molecule has 1 aliphatic heterocycles. The van der Waals surface area contributed by atoms with Crippen LogP contribution in [0.2, 0.25) is 0 Å². The zero-order chi connectivity index (χ0) is 19.1. The molecule has 0 saturated heterocycles. The van der Waals surface area contributed by atoms with Crippen LogP contribution >= 0.6 is 11.8 Å². The lowest BCUT2D eigenvalue weighted by atomic mass is 9.81. The number of ketones is 1. The van der Waals surface area contributed by atoms with Crippen LogP contribution in [-0.4, -0.2) is 26.3 Å². The molecule has 1 aromatic carbocycles. The number of carbonyl (C=O) groups is 1. The fourth-order valence-electron chi connectivity index (χ4n) is 3.95. The summed E-state index contributed by atoms with van der Waals surface area (Å²) in [5, 5.41) is 8.88. The van der Waals surface area contributed by atoms with Gasteiger partial charge in [-0.05, 0) is 35.1 Å². The van der Waals surface area contributed by atoms with E-state index in [1.54, 1.807) is 11.8 Å². The summed E-state index contributed by atoms with van der Waals surface area (Å²) in [4.78, 5) is 17.6. The van der Waals surface area contributed by atoms with Gasteiger partial charge in [0.1, 0.15) is 6.04 Å². The Kier molecular flexibility index (Phi) is 4.84. The second-order valence-electron chi connectivity index (χ2n) is 7.77. The number of Topliss-reactive ketones (excluding diaryl/α,β-unsaturated/α-hetero) is 1. The molecule has 2 aromatic rings. The predicted molar refractivity (Wildman–Crippen MR) is 109 cm³/mol. The Morgan fingerprint density at radius 2 is 2.00 bits per heavy atom. The van der Waals surface area contributed by atoms with Crippen molar-refractivity contribution in [1.29, 1.82) is 0 Å². The zero-order valence-electron chi connectivity index (χ0n) is 16.3. The van der Waals surface area contributed by atoms with E-state index in [0.29, 0.717) is 18.3 Å². The molecule has 0 spiro atoms. The molecule has 0 saturated carbocycles. The van der Waals surface area contributed by atoms with E-state index in [4.69, 9.17) is 5.10 Å². The number of hydrogen-bond donors (Lipinski definition) is 1. The van der Waals surface area contributed by atoms with Crippen molar-refractivity contribution in [3.63, 3.8) is 0 Å². The molecule has 5 nitrogen and oxygen atoms in total. The molecule has 1 N–H and O–H groups in total. The highest BCUT2D eigenvalue weighted by molar-refractivity contribution is 7.99. The van der Waals surface area contributed by atoms with Crippen molar-refractivity contribution in [1.82, 2.24) is 14.8 Å². The van der Waals surface area contributed by atoms with Crippen molar-refractivity contribution in [3.8, 4) is 0 Å². The van der Waals surface area contributed by atoms with Gasteiger partial charge in [-0.15, -0.1) is 5.10 Å². The molecule has 0 amide bonds. The van der Waals surface area contributed by atoms with Crippen molar-refractivity contribution in [2.24, 2.45) is 5.92 Å². The van der Waals surface area contributed by atoms with E-state index < -0.39 is 0 Å². The molecule has 2 atom stereocenters. The van der Waals surface area contributed by atoms with Crippen LogP contribution in [0.1, 0.15) is 63.6 Å². The molecule has 6 heteroatoms. The molecule has 2 aliphatic rings. The van der Waals surface area contributed by atoms with Gasteiger partial charge in [-0.1, -0.05) is 63.7 Å². The van der Waals surface area contributed by atoms with Gasteiger partial charge in [0.05, 0.1) is 0 Å². The number of nitrogens with zero attached hydrogens (tertiary/aromatic N) is 3. The Bertz CT molecular complexity index is 897. The molecule has 142 valence electrons. The summed E-state index contributed by atoms with van der Waals surface area (Å²) >= 11 is 1.62. The summed E-state index contributed by atoms with van der Waals surface area (Å²) in [6.07, 6.45) is 1.48. The number of carbonyl (C=O) groups excluding carboxylic acids is 1. The summed E-state index contributed by atoms with van der Waals surface area (Å²) in [5.74, 6) is 2.71. The van der Waals surface area contributed by atoms with Crippen molar-refractivity contribution in [2.45, 2.75) is 57.7 Å². The molecule has 2 heterocycles. The zero-order valence-corrected chi connectivity index (χ0v) is 17.1. The summed E-state index contributed by atoms with van der Waals surface area (Å²) < 4.78 is 1.90. The van der Waals surface area contributed by atoms with Gasteiger partial charge in [0.25, 0.3) is 0 Å². The van der Waals surface area contributed by atoms with Gasteiger partial charge in [0.2, 0.25) is 11.1 Å². The lowest BCUT2D eigenvalue weighted by Crippen LogP contribution is -2.33. The molecule has 0 unspecified atom stereocenters. The van der Waals surface area contributed by atoms with E-state index in [1.165, 1.54) is 5.56 Å². The normalized spacial score (nSPS) is 21.9. The highest BCUT2D eigenvalue weighted by Crippen LogP contribution is 2.42. The number of anilines is 1. The van der Waals surface area contributed by atoms with Gasteiger partial charge >= 0.3 is 0 Å². The van der Waals surface area contributed by atoms with Gasteiger partial charge in [-0.25, -0.2) is 4.68 Å². The maximum absolute atomic E-state index is 13.0. The second kappa shape index (κ2) is 7.15. The van der Waals surface area contributed by atoms with Crippen LogP contribution in [-0.2, 0) is 4.79 Å². The van der Waals surface area contributed by atoms with Crippen LogP contribution in [0, 0.1) is 5.92 Å². The second-order valence-corrected chi connectivity index (χ2v) is 9.00. The first-order chi connectivity index (χ1) is 13.0. The Morgan fingerprint density at radius 3 is 2.67 bits per heavy atom. The van der Waals surface area contributed by atoms with Crippen LogP contribution in [0.15, 0.2) is 40.7 Å². The number of thioether (sulfide) groups is 1. The number of rotatable bonds is 4. The lowest BCUT2D eigenvalue weighted by molar-refractivity contribution is -0.117. The first-order valence-corrected chi connectivity index (χ1v) is 10.7. The molecule has 0 radical (unpaired) electrons. The van der Waals surface area contributed by atoms with E-state index in [1.807, 2.05) is 4.68 Å². The number of hydrogen-bond acceptors (Lipinski definition) is 5. The molecule has 1 aliphatic carbocycles.